The van der Waals surface area contributed by atoms with Crippen molar-refractivity contribution in [3.63, 3.8) is 0 Å². The Morgan fingerprint density at radius 1 is 1.11 bits per heavy atom. The van der Waals surface area contributed by atoms with Crippen molar-refractivity contribution in [2.75, 3.05) is 31.6 Å². The average Bonchev–Trinajstić information content (AvgIpc) is 2.84. The van der Waals surface area contributed by atoms with E-state index in [4.69, 9.17) is 21.1 Å². The van der Waals surface area contributed by atoms with Gasteiger partial charge < -0.3 is 30.1 Å². The second-order valence-corrected chi connectivity index (χ2v) is 9.32. The Labute approximate surface area is 209 Å². The van der Waals surface area contributed by atoms with Crippen LogP contribution >= 0.6 is 11.6 Å². The van der Waals surface area contributed by atoms with Gasteiger partial charge in [-0.3, -0.25) is 9.78 Å². The number of amides is 3. The normalized spacial score (nSPS) is 24.6. The first-order valence-electron chi connectivity index (χ1n) is 11.9. The molecule has 0 bridgehead atoms. The zero-order chi connectivity index (χ0) is 24.6. The molecule has 0 aliphatic carbocycles. The van der Waals surface area contributed by atoms with E-state index in [9.17, 15) is 14.7 Å². The first-order valence-corrected chi connectivity index (χ1v) is 12.3. The molecule has 4 atom stereocenters. The maximum atomic E-state index is 13.1. The lowest BCUT2D eigenvalue weighted by atomic mass is 9.95. The number of carbonyl (C=O) groups is 2. The number of hydrogen-bond acceptors (Lipinski definition) is 6. The molecule has 3 amide bonds. The molecule has 2 saturated heterocycles. The van der Waals surface area contributed by atoms with Gasteiger partial charge in [0.15, 0.2) is 0 Å². The van der Waals surface area contributed by atoms with Gasteiger partial charge in [-0.1, -0.05) is 11.6 Å². The van der Waals surface area contributed by atoms with Crippen LogP contribution in [0.4, 0.5) is 10.5 Å². The molecule has 0 saturated carbocycles. The molecule has 2 aromatic rings. The van der Waals surface area contributed by atoms with Crippen molar-refractivity contribution in [1.29, 1.82) is 0 Å². The van der Waals surface area contributed by atoms with Gasteiger partial charge in [0.2, 0.25) is 5.91 Å². The highest BCUT2D eigenvalue weighted by Crippen LogP contribution is 2.28. The number of β-amino-alcohol motifs (C(OH)–C–C–N with tert-alkyl or cyclic N) is 1. The number of aromatic nitrogens is 1. The van der Waals surface area contributed by atoms with Crippen LogP contribution in [0.5, 0.6) is 0 Å². The van der Waals surface area contributed by atoms with E-state index in [0.29, 0.717) is 30.1 Å². The number of nitrogens with zero attached hydrogens (tertiary/aromatic N) is 2. The second kappa shape index (κ2) is 12.3. The third-order valence-electron chi connectivity index (χ3n) is 6.24. The summed E-state index contributed by atoms with van der Waals surface area (Å²) < 4.78 is 11.9. The van der Waals surface area contributed by atoms with E-state index in [2.05, 4.69) is 15.6 Å². The minimum Gasteiger partial charge on any atom is -0.389 e. The summed E-state index contributed by atoms with van der Waals surface area (Å²) in [6.07, 6.45) is 4.28. The van der Waals surface area contributed by atoms with Crippen LogP contribution in [-0.2, 0) is 20.7 Å². The van der Waals surface area contributed by atoms with Crippen molar-refractivity contribution < 1.29 is 24.2 Å². The Kier molecular flexibility index (Phi) is 8.92. The highest BCUT2D eigenvalue weighted by Gasteiger charge is 2.40. The minimum absolute atomic E-state index is 0.0676. The molecule has 3 N–H and O–H groups in total. The molecule has 0 spiro atoms. The fourth-order valence-electron chi connectivity index (χ4n) is 4.48. The molecule has 188 valence electrons. The Morgan fingerprint density at radius 3 is 2.66 bits per heavy atom. The lowest BCUT2D eigenvalue weighted by Gasteiger charge is -2.44. The molecule has 2 aliphatic heterocycles. The predicted molar refractivity (Wildman–Crippen MR) is 131 cm³/mol. The van der Waals surface area contributed by atoms with Gasteiger partial charge in [0.25, 0.3) is 0 Å². The molecule has 35 heavy (non-hydrogen) atoms. The zero-order valence-corrected chi connectivity index (χ0v) is 20.2. The molecule has 10 heteroatoms. The summed E-state index contributed by atoms with van der Waals surface area (Å²) in [5, 5.41) is 16.7. The van der Waals surface area contributed by atoms with E-state index in [-0.39, 0.29) is 56.4 Å². The summed E-state index contributed by atoms with van der Waals surface area (Å²) in [5.41, 5.74) is 1.73. The van der Waals surface area contributed by atoms with Gasteiger partial charge in [0.1, 0.15) is 6.10 Å². The van der Waals surface area contributed by atoms with Crippen LogP contribution in [0.15, 0.2) is 48.8 Å². The van der Waals surface area contributed by atoms with Gasteiger partial charge >= 0.3 is 6.03 Å². The van der Waals surface area contributed by atoms with E-state index in [1.165, 1.54) is 0 Å². The van der Waals surface area contributed by atoms with Crippen LogP contribution in [-0.4, -0.2) is 77.6 Å². The summed E-state index contributed by atoms with van der Waals surface area (Å²) >= 11 is 5.94. The fourth-order valence-corrected chi connectivity index (χ4v) is 4.60. The van der Waals surface area contributed by atoms with Crippen LogP contribution in [0.1, 0.15) is 24.8 Å². The molecule has 1 aromatic carbocycles. The lowest BCUT2D eigenvalue weighted by Crippen LogP contribution is -2.58. The molecule has 2 fully saturated rings. The highest BCUT2D eigenvalue weighted by molar-refractivity contribution is 6.30. The number of aliphatic hydroxyl groups is 1. The van der Waals surface area contributed by atoms with Crippen LogP contribution in [0, 0.1) is 0 Å². The van der Waals surface area contributed by atoms with E-state index in [1.807, 2.05) is 12.1 Å². The van der Waals surface area contributed by atoms with Crippen molar-refractivity contribution in [2.24, 2.45) is 0 Å². The molecule has 3 heterocycles. The number of fused-ring (bicyclic) bond motifs is 1. The number of anilines is 1. The largest absolute Gasteiger partial charge is 0.389 e. The number of hydrogen-bond donors (Lipinski definition) is 3. The number of carbonyl (C=O) groups excluding carboxylic acids is 2. The number of halogens is 1. The Balaban J connectivity index is 1.32. The van der Waals surface area contributed by atoms with Gasteiger partial charge in [-0.2, -0.15) is 0 Å². The quantitative estimate of drug-likeness (QED) is 0.559. The van der Waals surface area contributed by atoms with Gasteiger partial charge in [-0.05, 0) is 61.2 Å². The molecule has 0 radical (unpaired) electrons. The van der Waals surface area contributed by atoms with Crippen molar-refractivity contribution in [2.45, 2.75) is 50.0 Å². The number of aliphatic hydroxyl groups excluding tert-OH is 1. The third kappa shape index (κ3) is 7.38. The minimum atomic E-state index is -0.796. The Morgan fingerprint density at radius 2 is 1.89 bits per heavy atom. The van der Waals surface area contributed by atoms with Crippen molar-refractivity contribution in [3.8, 4) is 0 Å². The number of pyridine rings is 1. The van der Waals surface area contributed by atoms with Crippen molar-refractivity contribution >= 4 is 29.2 Å². The fraction of sp³-hybridized carbons (Fsp3) is 0.480. The molecular formula is C25H31ClN4O5. The maximum absolute atomic E-state index is 13.1. The molecule has 1 aromatic heterocycles. The predicted octanol–water partition coefficient (Wildman–Crippen LogP) is 2.63. The highest BCUT2D eigenvalue weighted by atomic mass is 35.5. The second-order valence-electron chi connectivity index (χ2n) is 8.88. The average molecular weight is 503 g/mol. The van der Waals surface area contributed by atoms with Crippen LogP contribution < -0.4 is 10.6 Å². The molecule has 2 aliphatic rings. The topological polar surface area (TPSA) is 113 Å². The van der Waals surface area contributed by atoms with E-state index in [0.717, 1.165) is 12.0 Å². The Bertz CT molecular complexity index is 978. The number of nitrogens with one attached hydrogen (secondary N) is 2. The number of benzene rings is 1. The van der Waals surface area contributed by atoms with Gasteiger partial charge in [0, 0.05) is 29.6 Å². The lowest BCUT2D eigenvalue weighted by molar-refractivity contribution is -0.149. The summed E-state index contributed by atoms with van der Waals surface area (Å²) in [6.45, 7) is 1.02. The zero-order valence-electron chi connectivity index (χ0n) is 19.4. The smallest absolute Gasteiger partial charge is 0.322 e. The van der Waals surface area contributed by atoms with Crippen LogP contribution in [0.2, 0.25) is 5.02 Å². The van der Waals surface area contributed by atoms with Gasteiger partial charge in [-0.15, -0.1) is 0 Å². The standard InChI is InChI=1S/C25H31ClN4O5/c26-18-1-3-19(4-2-18)29-25(33)30-14-20(31)15-34-16-23-22(30)6-5-21(35-23)13-24(32)28-12-9-17-7-10-27-11-8-17/h1-4,7-8,10-11,20-23,31H,5-6,9,12-16H2,(H,28,32)(H,29,33)/t20-,21-,22+,23-/m0/s1. The van der Waals surface area contributed by atoms with Gasteiger partial charge in [-0.25, -0.2) is 4.79 Å². The summed E-state index contributed by atoms with van der Waals surface area (Å²) in [4.78, 5) is 31.2. The SMILES string of the molecule is O=C(C[C@@H]1CC[C@@H]2[C@H](COC[C@@H](O)CN2C(=O)Nc2ccc(Cl)cc2)O1)NCCc1ccncc1. The number of ether oxygens (including phenoxy) is 2. The molecule has 9 nitrogen and oxygen atoms in total. The van der Waals surface area contributed by atoms with Gasteiger partial charge in [0.05, 0.1) is 44.4 Å². The Hall–Kier alpha value is -2.72. The monoisotopic (exact) mass is 502 g/mol. The molecule has 0 unspecified atom stereocenters. The number of rotatable bonds is 6. The summed E-state index contributed by atoms with van der Waals surface area (Å²) in [6, 6.07) is 10.1. The van der Waals surface area contributed by atoms with Crippen molar-refractivity contribution in [3.05, 3.63) is 59.4 Å². The van der Waals surface area contributed by atoms with Crippen LogP contribution in [0.25, 0.3) is 0 Å². The molecule has 4 rings (SSSR count). The van der Waals surface area contributed by atoms with Crippen LogP contribution in [0.3, 0.4) is 0 Å². The summed E-state index contributed by atoms with van der Waals surface area (Å²) in [5.74, 6) is -0.0676. The first kappa shape index (κ1) is 25.4. The third-order valence-corrected chi connectivity index (χ3v) is 6.49. The van der Waals surface area contributed by atoms with E-state index >= 15 is 0 Å². The number of urea groups is 1. The van der Waals surface area contributed by atoms with E-state index < -0.39 is 6.10 Å². The maximum Gasteiger partial charge on any atom is 0.322 e. The van der Waals surface area contributed by atoms with Crippen molar-refractivity contribution in [1.82, 2.24) is 15.2 Å². The summed E-state index contributed by atoms with van der Waals surface area (Å²) in [7, 11) is 0. The van der Waals surface area contributed by atoms with E-state index in [1.54, 1.807) is 41.6 Å². The first-order chi connectivity index (χ1) is 17.0. The molecular weight excluding hydrogens is 472 g/mol.